The lowest BCUT2D eigenvalue weighted by atomic mass is 10.2. The van der Waals surface area contributed by atoms with Crippen LogP contribution in [0.3, 0.4) is 0 Å². The van der Waals surface area contributed by atoms with Gasteiger partial charge in [0.15, 0.2) is 0 Å². The Morgan fingerprint density at radius 3 is 2.67 bits per heavy atom. The number of aryl methyl sites for hydroxylation is 2. The third-order valence-electron chi connectivity index (χ3n) is 2.79. The van der Waals surface area contributed by atoms with Gasteiger partial charge >= 0.3 is 0 Å². The minimum atomic E-state index is -0.979. The fraction of sp³-hybridized carbons (Fsp3) is 0.571. The van der Waals surface area contributed by atoms with Gasteiger partial charge in [0.2, 0.25) is 0 Å². The first-order valence-corrected chi connectivity index (χ1v) is 7.58. The largest absolute Gasteiger partial charge is 0.383 e. The van der Waals surface area contributed by atoms with E-state index in [0.717, 1.165) is 17.0 Å². The molecule has 1 N–H and O–H groups in total. The summed E-state index contributed by atoms with van der Waals surface area (Å²) in [6, 6.07) is 6.20. The summed E-state index contributed by atoms with van der Waals surface area (Å²) in [6.45, 7) is 7.55. The van der Waals surface area contributed by atoms with Crippen LogP contribution < -0.4 is 5.32 Å². The number of nitrogens with one attached hydrogen (secondary N) is 1. The van der Waals surface area contributed by atoms with Crippen molar-refractivity contribution in [1.82, 2.24) is 5.32 Å². The topological polar surface area (TPSA) is 38.3 Å². The van der Waals surface area contributed by atoms with Crippen molar-refractivity contribution >= 4 is 10.8 Å². The molecule has 2 unspecified atom stereocenters. The van der Waals surface area contributed by atoms with E-state index in [1.807, 2.05) is 32.9 Å². The number of hydrogen-bond acceptors (Lipinski definition) is 3. The van der Waals surface area contributed by atoms with Gasteiger partial charge in [0, 0.05) is 23.8 Å². The van der Waals surface area contributed by atoms with Gasteiger partial charge in [-0.3, -0.25) is 4.21 Å². The van der Waals surface area contributed by atoms with Gasteiger partial charge in [-0.25, -0.2) is 0 Å². The second-order valence-electron chi connectivity index (χ2n) is 4.49. The van der Waals surface area contributed by atoms with Crippen LogP contribution in [0.15, 0.2) is 23.1 Å². The van der Waals surface area contributed by atoms with Crippen molar-refractivity contribution < 1.29 is 8.95 Å². The van der Waals surface area contributed by atoms with Crippen molar-refractivity contribution in [3.63, 3.8) is 0 Å². The highest BCUT2D eigenvalue weighted by molar-refractivity contribution is 7.85. The minimum Gasteiger partial charge on any atom is -0.383 e. The summed E-state index contributed by atoms with van der Waals surface area (Å²) >= 11 is 0. The normalized spacial score (nSPS) is 14.4. The Kier molecular flexibility index (Phi) is 6.54. The van der Waals surface area contributed by atoms with E-state index in [1.165, 1.54) is 5.56 Å². The summed E-state index contributed by atoms with van der Waals surface area (Å²) in [5.74, 6) is 0.589. The van der Waals surface area contributed by atoms with Gasteiger partial charge in [-0.05, 0) is 32.0 Å². The maximum Gasteiger partial charge on any atom is 0.0624 e. The molecule has 1 aromatic rings. The Balaban J connectivity index is 2.73. The zero-order chi connectivity index (χ0) is 13.5. The molecule has 0 saturated heterocycles. The first-order chi connectivity index (χ1) is 8.58. The van der Waals surface area contributed by atoms with Crippen LogP contribution in [-0.4, -0.2) is 36.3 Å². The average Bonchev–Trinajstić information content (AvgIpc) is 2.29. The molecule has 2 atom stereocenters. The maximum atomic E-state index is 12.4. The van der Waals surface area contributed by atoms with Crippen LogP contribution in [0.4, 0.5) is 0 Å². The molecule has 0 aliphatic carbocycles. The highest BCUT2D eigenvalue weighted by atomic mass is 32.2. The molecular weight excluding hydrogens is 246 g/mol. The van der Waals surface area contributed by atoms with Crippen LogP contribution in [0.2, 0.25) is 0 Å². The van der Waals surface area contributed by atoms with E-state index >= 15 is 0 Å². The van der Waals surface area contributed by atoms with Gasteiger partial charge in [-0.15, -0.1) is 0 Å². The Bertz CT molecular complexity index is 401. The highest BCUT2D eigenvalue weighted by Gasteiger charge is 2.14. The molecule has 0 fully saturated rings. The van der Waals surface area contributed by atoms with Crippen LogP contribution >= 0.6 is 0 Å². The van der Waals surface area contributed by atoms with Crippen molar-refractivity contribution in [2.75, 3.05) is 26.0 Å². The second kappa shape index (κ2) is 7.67. The van der Waals surface area contributed by atoms with Gasteiger partial charge < -0.3 is 10.1 Å². The van der Waals surface area contributed by atoms with Crippen LogP contribution in [0, 0.1) is 13.8 Å². The summed E-state index contributed by atoms with van der Waals surface area (Å²) in [5, 5.41) is 3.30. The molecule has 3 nitrogen and oxygen atoms in total. The van der Waals surface area contributed by atoms with E-state index in [4.69, 9.17) is 4.74 Å². The molecule has 0 bridgehead atoms. The molecule has 0 aromatic heterocycles. The number of hydrogen-bond donors (Lipinski definition) is 1. The molecule has 0 aliphatic rings. The Labute approximate surface area is 112 Å². The van der Waals surface area contributed by atoms with Crippen LogP contribution in [0.5, 0.6) is 0 Å². The van der Waals surface area contributed by atoms with E-state index in [9.17, 15) is 4.21 Å². The maximum absolute atomic E-state index is 12.4. The molecule has 0 spiro atoms. The van der Waals surface area contributed by atoms with Gasteiger partial charge in [0.25, 0.3) is 0 Å². The molecule has 4 heteroatoms. The molecule has 102 valence electrons. The quantitative estimate of drug-likeness (QED) is 0.823. The Hall–Kier alpha value is -0.710. The fourth-order valence-corrected chi connectivity index (χ4v) is 3.38. The average molecular weight is 269 g/mol. The van der Waals surface area contributed by atoms with Gasteiger partial charge in [0.1, 0.15) is 0 Å². The molecule has 18 heavy (non-hydrogen) atoms. The summed E-state index contributed by atoms with van der Waals surface area (Å²) in [6.07, 6.45) is 0. The first kappa shape index (κ1) is 15.3. The lowest BCUT2D eigenvalue weighted by Crippen LogP contribution is -2.37. The SMILES string of the molecule is CCNC(COC)CS(=O)c1ccc(C)cc1C. The molecule has 0 radical (unpaired) electrons. The Morgan fingerprint density at radius 2 is 2.11 bits per heavy atom. The zero-order valence-electron chi connectivity index (χ0n) is 11.7. The first-order valence-electron chi connectivity index (χ1n) is 6.26. The fourth-order valence-electron chi connectivity index (χ4n) is 1.98. The number of rotatable bonds is 7. The van der Waals surface area contributed by atoms with Crippen LogP contribution in [0.1, 0.15) is 18.1 Å². The number of benzene rings is 1. The third kappa shape index (κ3) is 4.52. The van der Waals surface area contributed by atoms with Crippen molar-refractivity contribution in [3.05, 3.63) is 29.3 Å². The zero-order valence-corrected chi connectivity index (χ0v) is 12.5. The van der Waals surface area contributed by atoms with E-state index in [0.29, 0.717) is 12.4 Å². The van der Waals surface area contributed by atoms with Crippen molar-refractivity contribution in [2.24, 2.45) is 0 Å². The monoisotopic (exact) mass is 269 g/mol. The third-order valence-corrected chi connectivity index (χ3v) is 4.44. The lowest BCUT2D eigenvalue weighted by molar-refractivity contribution is 0.174. The van der Waals surface area contributed by atoms with Gasteiger partial charge in [-0.2, -0.15) is 0 Å². The molecule has 1 aromatic carbocycles. The summed E-state index contributed by atoms with van der Waals surface area (Å²) < 4.78 is 17.5. The summed E-state index contributed by atoms with van der Waals surface area (Å²) in [4.78, 5) is 0.930. The highest BCUT2D eigenvalue weighted by Crippen LogP contribution is 2.15. The number of methoxy groups -OCH3 is 1. The standard InChI is InChI=1S/C14H23NO2S/c1-5-15-13(9-17-4)10-18(16)14-7-6-11(2)8-12(14)3/h6-8,13,15H,5,9-10H2,1-4H3. The lowest BCUT2D eigenvalue weighted by Gasteiger charge is -2.17. The van der Waals surface area contributed by atoms with Crippen LogP contribution in [-0.2, 0) is 15.5 Å². The smallest absolute Gasteiger partial charge is 0.0624 e. The number of ether oxygens (including phenoxy) is 1. The van der Waals surface area contributed by atoms with Crippen molar-refractivity contribution in [3.8, 4) is 0 Å². The predicted molar refractivity (Wildman–Crippen MR) is 76.5 cm³/mol. The molecule has 0 heterocycles. The van der Waals surface area contributed by atoms with Gasteiger partial charge in [-0.1, -0.05) is 24.6 Å². The number of likely N-dealkylation sites (N-methyl/N-ethyl adjacent to an activating group) is 1. The van der Waals surface area contributed by atoms with E-state index < -0.39 is 10.8 Å². The van der Waals surface area contributed by atoms with Crippen molar-refractivity contribution in [2.45, 2.75) is 31.7 Å². The summed E-state index contributed by atoms with van der Waals surface area (Å²) in [5.41, 5.74) is 2.30. The molecule has 0 amide bonds. The molecule has 0 aliphatic heterocycles. The Morgan fingerprint density at radius 1 is 1.39 bits per heavy atom. The molecular formula is C14H23NO2S. The van der Waals surface area contributed by atoms with E-state index in [-0.39, 0.29) is 6.04 Å². The van der Waals surface area contributed by atoms with Gasteiger partial charge in [0.05, 0.1) is 17.4 Å². The van der Waals surface area contributed by atoms with E-state index in [1.54, 1.807) is 7.11 Å². The predicted octanol–water partition coefficient (Wildman–Crippen LogP) is 2.04. The van der Waals surface area contributed by atoms with E-state index in [2.05, 4.69) is 11.4 Å². The molecule has 0 saturated carbocycles. The second-order valence-corrected chi connectivity index (χ2v) is 5.96. The molecule has 1 rings (SSSR count). The van der Waals surface area contributed by atoms with Crippen LogP contribution in [0.25, 0.3) is 0 Å². The van der Waals surface area contributed by atoms with Crippen molar-refractivity contribution in [1.29, 1.82) is 0 Å². The summed E-state index contributed by atoms with van der Waals surface area (Å²) in [7, 11) is 0.692. The minimum absolute atomic E-state index is 0.140.